The molecule has 0 radical (unpaired) electrons. The van der Waals surface area contributed by atoms with Crippen LogP contribution < -0.4 is 0 Å². The molecule has 0 fully saturated rings. The number of carboxylic acids is 1. The van der Waals surface area contributed by atoms with Crippen LogP contribution in [0.15, 0.2) is 12.2 Å². The molecule has 0 saturated heterocycles. The van der Waals surface area contributed by atoms with Gasteiger partial charge in [-0.15, -0.1) is 0 Å². The molecule has 0 aliphatic rings. The Balaban J connectivity index is 3.11. The van der Waals surface area contributed by atoms with Gasteiger partial charge in [-0.3, -0.25) is 0 Å². The van der Waals surface area contributed by atoms with E-state index in [1.807, 2.05) is 0 Å². The highest BCUT2D eigenvalue weighted by molar-refractivity contribution is 5.85. The van der Waals surface area contributed by atoms with E-state index in [1.54, 1.807) is 0 Å². The van der Waals surface area contributed by atoms with Gasteiger partial charge in [0.25, 0.3) is 0 Å². The van der Waals surface area contributed by atoms with Gasteiger partial charge in [0, 0.05) is 18.8 Å². The van der Waals surface area contributed by atoms with E-state index in [9.17, 15) is 4.79 Å². The molecule has 1 N–H and O–H groups in total. The number of hydrogen-bond donors (Lipinski definition) is 1. The van der Waals surface area contributed by atoms with Crippen LogP contribution in [-0.2, 0) is 9.53 Å². The Hall–Kier alpha value is -0.830. The molecule has 3 nitrogen and oxygen atoms in total. The number of hydrogen-bond acceptors (Lipinski definition) is 2. The highest BCUT2D eigenvalue weighted by Gasteiger charge is 2.02. The molecule has 3 heteroatoms. The molecule has 0 spiro atoms. The molecule has 0 aromatic carbocycles. The van der Waals surface area contributed by atoms with Gasteiger partial charge in [0.05, 0.1) is 0 Å². The second-order valence-electron chi connectivity index (χ2n) is 3.69. The maximum absolute atomic E-state index is 10.4. The Morgan fingerprint density at radius 2 is 1.87 bits per heavy atom. The van der Waals surface area contributed by atoms with Crippen LogP contribution in [0, 0.1) is 0 Å². The van der Waals surface area contributed by atoms with Crippen LogP contribution in [-0.4, -0.2) is 24.3 Å². The second kappa shape index (κ2) is 9.71. The van der Waals surface area contributed by atoms with Crippen molar-refractivity contribution in [1.82, 2.24) is 0 Å². The van der Waals surface area contributed by atoms with Crippen molar-refractivity contribution in [3.63, 3.8) is 0 Å². The summed E-state index contributed by atoms with van der Waals surface area (Å²) in [6.45, 7) is 7.26. The van der Waals surface area contributed by atoms with E-state index in [1.165, 1.54) is 6.42 Å². The molecular weight excluding hydrogens is 192 g/mol. The fraction of sp³-hybridized carbons (Fsp3) is 0.750. The number of unbranched alkanes of at least 4 members (excludes halogenated alkanes) is 3. The molecular formula is C12H22O3. The van der Waals surface area contributed by atoms with Gasteiger partial charge < -0.3 is 9.84 Å². The average Bonchev–Trinajstić information content (AvgIpc) is 2.21. The van der Waals surface area contributed by atoms with E-state index in [0.29, 0.717) is 12.0 Å². The van der Waals surface area contributed by atoms with Crippen LogP contribution in [0.4, 0.5) is 0 Å². The molecule has 0 aliphatic heterocycles. The molecule has 0 bridgehead atoms. The van der Waals surface area contributed by atoms with Gasteiger partial charge in [-0.1, -0.05) is 26.3 Å². The Morgan fingerprint density at radius 3 is 2.47 bits per heavy atom. The molecule has 0 aromatic heterocycles. The SMILES string of the molecule is C=C(CCCCCOCCCC)C(=O)O. The van der Waals surface area contributed by atoms with Gasteiger partial charge >= 0.3 is 5.97 Å². The molecule has 0 heterocycles. The van der Waals surface area contributed by atoms with Crippen molar-refractivity contribution in [3.05, 3.63) is 12.2 Å². The summed E-state index contributed by atoms with van der Waals surface area (Å²) < 4.78 is 5.39. The molecule has 0 aromatic rings. The van der Waals surface area contributed by atoms with Crippen molar-refractivity contribution in [3.8, 4) is 0 Å². The summed E-state index contributed by atoms with van der Waals surface area (Å²) in [6, 6.07) is 0. The number of carbonyl (C=O) groups is 1. The lowest BCUT2D eigenvalue weighted by molar-refractivity contribution is -0.132. The van der Waals surface area contributed by atoms with E-state index >= 15 is 0 Å². The third kappa shape index (κ3) is 9.47. The van der Waals surface area contributed by atoms with Crippen molar-refractivity contribution in [1.29, 1.82) is 0 Å². The summed E-state index contributed by atoms with van der Waals surface area (Å²) in [5, 5.41) is 8.56. The quantitative estimate of drug-likeness (QED) is 0.449. The fourth-order valence-corrected chi connectivity index (χ4v) is 1.17. The first-order valence-corrected chi connectivity index (χ1v) is 5.67. The van der Waals surface area contributed by atoms with E-state index in [4.69, 9.17) is 9.84 Å². The molecule has 15 heavy (non-hydrogen) atoms. The van der Waals surface area contributed by atoms with Gasteiger partial charge in [-0.25, -0.2) is 4.79 Å². The summed E-state index contributed by atoms with van der Waals surface area (Å²) in [4.78, 5) is 10.4. The topological polar surface area (TPSA) is 46.5 Å². The van der Waals surface area contributed by atoms with Gasteiger partial charge in [-0.2, -0.15) is 0 Å². The van der Waals surface area contributed by atoms with Gasteiger partial charge in [0.2, 0.25) is 0 Å². The van der Waals surface area contributed by atoms with Crippen molar-refractivity contribution < 1.29 is 14.6 Å². The third-order valence-corrected chi connectivity index (χ3v) is 2.21. The highest BCUT2D eigenvalue weighted by atomic mass is 16.5. The van der Waals surface area contributed by atoms with Crippen LogP contribution in [0.3, 0.4) is 0 Å². The summed E-state index contributed by atoms with van der Waals surface area (Å²) >= 11 is 0. The number of aliphatic carboxylic acids is 1. The van der Waals surface area contributed by atoms with Crippen molar-refractivity contribution >= 4 is 5.97 Å². The largest absolute Gasteiger partial charge is 0.478 e. The maximum Gasteiger partial charge on any atom is 0.330 e. The van der Waals surface area contributed by atoms with Gasteiger partial charge in [-0.05, 0) is 25.7 Å². The minimum atomic E-state index is -0.880. The van der Waals surface area contributed by atoms with Gasteiger partial charge in [0.15, 0.2) is 0 Å². The Kier molecular flexibility index (Phi) is 9.18. The van der Waals surface area contributed by atoms with Gasteiger partial charge in [0.1, 0.15) is 0 Å². The first-order chi connectivity index (χ1) is 7.18. The molecule has 0 unspecified atom stereocenters. The lowest BCUT2D eigenvalue weighted by Crippen LogP contribution is -1.99. The van der Waals surface area contributed by atoms with Crippen LogP contribution in [0.5, 0.6) is 0 Å². The number of rotatable bonds is 10. The number of carboxylic acid groups (broad SMARTS) is 1. The van der Waals surface area contributed by atoms with Crippen molar-refractivity contribution in [2.75, 3.05) is 13.2 Å². The maximum atomic E-state index is 10.4. The van der Waals surface area contributed by atoms with Crippen molar-refractivity contribution in [2.24, 2.45) is 0 Å². The fourth-order valence-electron chi connectivity index (χ4n) is 1.17. The van der Waals surface area contributed by atoms with Crippen LogP contribution >= 0.6 is 0 Å². The standard InChI is InChI=1S/C12H22O3/c1-3-4-9-15-10-7-5-6-8-11(2)12(13)14/h2-10H2,1H3,(H,13,14). The molecule has 0 rings (SSSR count). The molecule has 0 atom stereocenters. The Morgan fingerprint density at radius 1 is 1.20 bits per heavy atom. The predicted octanol–water partition coefficient (Wildman–Crippen LogP) is 3.00. The summed E-state index contributed by atoms with van der Waals surface area (Å²) in [6.07, 6.45) is 5.79. The minimum absolute atomic E-state index is 0.307. The predicted molar refractivity (Wildman–Crippen MR) is 61.0 cm³/mol. The first-order valence-electron chi connectivity index (χ1n) is 5.67. The first kappa shape index (κ1) is 14.2. The molecule has 88 valence electrons. The van der Waals surface area contributed by atoms with Crippen LogP contribution in [0.25, 0.3) is 0 Å². The zero-order valence-electron chi connectivity index (χ0n) is 9.63. The minimum Gasteiger partial charge on any atom is -0.478 e. The molecule has 0 aliphatic carbocycles. The van der Waals surface area contributed by atoms with Crippen molar-refractivity contribution in [2.45, 2.75) is 45.4 Å². The Bertz CT molecular complexity index is 187. The van der Waals surface area contributed by atoms with E-state index in [2.05, 4.69) is 13.5 Å². The van der Waals surface area contributed by atoms with Crippen LogP contribution in [0.2, 0.25) is 0 Å². The van der Waals surface area contributed by atoms with E-state index in [0.717, 1.165) is 38.9 Å². The molecule has 0 saturated carbocycles. The summed E-state index contributed by atoms with van der Waals surface area (Å²) in [5.74, 6) is -0.880. The zero-order valence-corrected chi connectivity index (χ0v) is 9.63. The Labute approximate surface area is 92.1 Å². The third-order valence-electron chi connectivity index (χ3n) is 2.21. The van der Waals surface area contributed by atoms with Crippen LogP contribution in [0.1, 0.15) is 45.4 Å². The number of ether oxygens (including phenoxy) is 1. The average molecular weight is 214 g/mol. The smallest absolute Gasteiger partial charge is 0.330 e. The highest BCUT2D eigenvalue weighted by Crippen LogP contribution is 2.07. The summed E-state index contributed by atoms with van der Waals surface area (Å²) in [5.41, 5.74) is 0.307. The summed E-state index contributed by atoms with van der Waals surface area (Å²) in [7, 11) is 0. The normalized spacial score (nSPS) is 10.2. The monoisotopic (exact) mass is 214 g/mol. The van der Waals surface area contributed by atoms with E-state index in [-0.39, 0.29) is 0 Å². The lowest BCUT2D eigenvalue weighted by atomic mass is 10.1. The lowest BCUT2D eigenvalue weighted by Gasteiger charge is -2.03. The zero-order chi connectivity index (χ0) is 11.5. The second-order valence-corrected chi connectivity index (χ2v) is 3.69. The molecule has 0 amide bonds. The van der Waals surface area contributed by atoms with E-state index < -0.39 is 5.97 Å².